The first kappa shape index (κ1) is 15.2. The van der Waals surface area contributed by atoms with Crippen molar-refractivity contribution in [3.05, 3.63) is 54.5 Å². The Kier molecular flexibility index (Phi) is 4.44. The third-order valence-electron chi connectivity index (χ3n) is 3.95. The van der Waals surface area contributed by atoms with E-state index in [0.717, 1.165) is 40.9 Å². The van der Waals surface area contributed by atoms with Crippen molar-refractivity contribution < 1.29 is 4.74 Å². The van der Waals surface area contributed by atoms with Gasteiger partial charge in [0.15, 0.2) is 5.01 Å². The van der Waals surface area contributed by atoms with E-state index < -0.39 is 0 Å². The molecule has 122 valence electrons. The van der Waals surface area contributed by atoms with E-state index in [0.29, 0.717) is 6.61 Å². The summed E-state index contributed by atoms with van der Waals surface area (Å²) in [5, 5.41) is 10.4. The fraction of sp³-hybridized carbons (Fsp3) is 0.294. The first-order chi connectivity index (χ1) is 11.9. The SMILES string of the molecule is c1ccc(-c2nnc(N3CCC(OCc4ccncc4)C3)s2)nc1. The smallest absolute Gasteiger partial charge is 0.208 e. The molecular formula is C17H17N5OS. The third kappa shape index (κ3) is 3.42. The van der Waals surface area contributed by atoms with Crippen LogP contribution in [-0.2, 0) is 11.3 Å². The summed E-state index contributed by atoms with van der Waals surface area (Å²) in [7, 11) is 0. The highest BCUT2D eigenvalue weighted by molar-refractivity contribution is 7.18. The Bertz CT molecular complexity index is 780. The van der Waals surface area contributed by atoms with Crippen molar-refractivity contribution in [2.24, 2.45) is 0 Å². The van der Waals surface area contributed by atoms with E-state index in [-0.39, 0.29) is 6.10 Å². The predicted molar refractivity (Wildman–Crippen MR) is 92.8 cm³/mol. The zero-order valence-corrected chi connectivity index (χ0v) is 13.9. The Labute approximate surface area is 144 Å². The molecule has 0 aliphatic carbocycles. The van der Waals surface area contributed by atoms with Gasteiger partial charge in [-0.1, -0.05) is 17.4 Å². The van der Waals surface area contributed by atoms with Crippen molar-refractivity contribution in [1.82, 2.24) is 20.2 Å². The normalized spacial score (nSPS) is 17.3. The van der Waals surface area contributed by atoms with Gasteiger partial charge < -0.3 is 9.64 Å². The van der Waals surface area contributed by atoms with Crippen LogP contribution < -0.4 is 4.90 Å². The minimum atomic E-state index is 0.223. The quantitative estimate of drug-likeness (QED) is 0.712. The van der Waals surface area contributed by atoms with Gasteiger partial charge in [0.1, 0.15) is 5.69 Å². The monoisotopic (exact) mass is 339 g/mol. The molecule has 0 spiro atoms. The Morgan fingerprint density at radius 1 is 1.12 bits per heavy atom. The molecule has 24 heavy (non-hydrogen) atoms. The van der Waals surface area contributed by atoms with E-state index in [1.807, 2.05) is 30.3 Å². The Morgan fingerprint density at radius 2 is 2.04 bits per heavy atom. The average Bonchev–Trinajstić information content (AvgIpc) is 3.31. The second-order valence-corrected chi connectivity index (χ2v) is 6.58. The lowest BCUT2D eigenvalue weighted by Gasteiger charge is -2.14. The number of hydrogen-bond donors (Lipinski definition) is 0. The minimum absolute atomic E-state index is 0.223. The highest BCUT2D eigenvalue weighted by atomic mass is 32.1. The molecule has 0 amide bonds. The Balaban J connectivity index is 1.36. The molecule has 3 aromatic rings. The van der Waals surface area contributed by atoms with Gasteiger partial charge in [-0.05, 0) is 36.2 Å². The molecule has 1 atom stereocenters. The second-order valence-electron chi connectivity index (χ2n) is 5.63. The van der Waals surface area contributed by atoms with Crippen LogP contribution in [0.25, 0.3) is 10.7 Å². The van der Waals surface area contributed by atoms with E-state index in [1.165, 1.54) is 0 Å². The summed E-state index contributed by atoms with van der Waals surface area (Å²) in [6, 6.07) is 9.78. The molecule has 1 unspecified atom stereocenters. The maximum atomic E-state index is 6.01. The Morgan fingerprint density at radius 3 is 2.88 bits per heavy atom. The van der Waals surface area contributed by atoms with Crippen LogP contribution in [0.4, 0.5) is 5.13 Å². The van der Waals surface area contributed by atoms with Crippen molar-refractivity contribution in [2.75, 3.05) is 18.0 Å². The van der Waals surface area contributed by atoms with E-state index in [1.54, 1.807) is 29.9 Å². The van der Waals surface area contributed by atoms with Crippen molar-refractivity contribution >= 4 is 16.5 Å². The summed E-state index contributed by atoms with van der Waals surface area (Å²) >= 11 is 1.58. The molecule has 0 radical (unpaired) electrons. The molecule has 7 heteroatoms. The standard InChI is InChI=1S/C17H17N5OS/c1-2-7-19-15(3-1)16-20-21-17(24-16)22-10-6-14(11-22)23-12-13-4-8-18-9-5-13/h1-5,7-9,14H,6,10-12H2. The molecule has 0 saturated carbocycles. The predicted octanol–water partition coefficient (Wildman–Crippen LogP) is 2.79. The van der Waals surface area contributed by atoms with Crippen LogP contribution in [0.2, 0.25) is 0 Å². The van der Waals surface area contributed by atoms with Gasteiger partial charge >= 0.3 is 0 Å². The van der Waals surface area contributed by atoms with Crippen LogP contribution in [0.5, 0.6) is 0 Å². The van der Waals surface area contributed by atoms with Crippen LogP contribution in [0, 0.1) is 0 Å². The summed E-state index contributed by atoms with van der Waals surface area (Å²) in [6.45, 7) is 2.41. The molecule has 1 aliphatic rings. The van der Waals surface area contributed by atoms with Gasteiger partial charge in [0.2, 0.25) is 5.13 Å². The van der Waals surface area contributed by atoms with Crippen molar-refractivity contribution in [1.29, 1.82) is 0 Å². The molecule has 4 heterocycles. The first-order valence-corrected chi connectivity index (χ1v) is 8.70. The zero-order chi connectivity index (χ0) is 16.2. The molecule has 3 aromatic heterocycles. The number of nitrogens with zero attached hydrogens (tertiary/aromatic N) is 5. The summed E-state index contributed by atoms with van der Waals surface area (Å²) in [6.07, 6.45) is 6.58. The molecule has 0 aromatic carbocycles. The van der Waals surface area contributed by atoms with Crippen LogP contribution in [0.15, 0.2) is 48.9 Å². The summed E-state index contributed by atoms with van der Waals surface area (Å²) < 4.78 is 6.01. The molecule has 4 rings (SSSR count). The number of rotatable bonds is 5. The lowest BCUT2D eigenvalue weighted by molar-refractivity contribution is 0.0553. The first-order valence-electron chi connectivity index (χ1n) is 7.89. The van der Waals surface area contributed by atoms with E-state index in [9.17, 15) is 0 Å². The number of pyridine rings is 2. The molecule has 1 aliphatic heterocycles. The number of ether oxygens (including phenoxy) is 1. The second kappa shape index (κ2) is 7.02. The Hall–Kier alpha value is -2.38. The van der Waals surface area contributed by atoms with Crippen molar-refractivity contribution in [2.45, 2.75) is 19.1 Å². The molecule has 6 nitrogen and oxygen atoms in total. The average molecular weight is 339 g/mol. The third-order valence-corrected chi connectivity index (χ3v) is 4.96. The molecule has 1 saturated heterocycles. The minimum Gasteiger partial charge on any atom is -0.372 e. The van der Waals surface area contributed by atoms with Gasteiger partial charge in [0.05, 0.1) is 12.7 Å². The van der Waals surface area contributed by atoms with Gasteiger partial charge in [-0.3, -0.25) is 9.97 Å². The molecule has 0 bridgehead atoms. The molecule has 1 fully saturated rings. The van der Waals surface area contributed by atoms with Gasteiger partial charge in [0.25, 0.3) is 0 Å². The van der Waals surface area contributed by atoms with E-state index in [2.05, 4.69) is 25.1 Å². The van der Waals surface area contributed by atoms with Crippen molar-refractivity contribution in [3.8, 4) is 10.7 Å². The van der Waals surface area contributed by atoms with Gasteiger partial charge in [-0.15, -0.1) is 10.2 Å². The van der Waals surface area contributed by atoms with Crippen LogP contribution in [0.1, 0.15) is 12.0 Å². The van der Waals surface area contributed by atoms with Crippen molar-refractivity contribution in [3.63, 3.8) is 0 Å². The summed E-state index contributed by atoms with van der Waals surface area (Å²) in [5.74, 6) is 0. The highest BCUT2D eigenvalue weighted by Crippen LogP contribution is 2.30. The lowest BCUT2D eigenvalue weighted by Crippen LogP contribution is -2.22. The van der Waals surface area contributed by atoms with Crippen LogP contribution in [-0.4, -0.2) is 39.4 Å². The molecular weight excluding hydrogens is 322 g/mol. The fourth-order valence-electron chi connectivity index (χ4n) is 2.67. The number of hydrogen-bond acceptors (Lipinski definition) is 7. The van der Waals surface area contributed by atoms with Crippen LogP contribution in [0.3, 0.4) is 0 Å². The topological polar surface area (TPSA) is 64.0 Å². The maximum Gasteiger partial charge on any atom is 0.208 e. The lowest BCUT2D eigenvalue weighted by atomic mass is 10.3. The molecule has 0 N–H and O–H groups in total. The maximum absolute atomic E-state index is 6.01. The number of anilines is 1. The zero-order valence-electron chi connectivity index (χ0n) is 13.1. The van der Waals surface area contributed by atoms with Crippen LogP contribution >= 0.6 is 11.3 Å². The van der Waals surface area contributed by atoms with Gasteiger partial charge in [0, 0.05) is 31.7 Å². The fourth-order valence-corrected chi connectivity index (χ4v) is 3.52. The van der Waals surface area contributed by atoms with Gasteiger partial charge in [-0.25, -0.2) is 0 Å². The van der Waals surface area contributed by atoms with E-state index in [4.69, 9.17) is 4.74 Å². The van der Waals surface area contributed by atoms with Gasteiger partial charge in [-0.2, -0.15) is 0 Å². The summed E-state index contributed by atoms with van der Waals surface area (Å²) in [5.41, 5.74) is 2.02. The highest BCUT2D eigenvalue weighted by Gasteiger charge is 2.26. The summed E-state index contributed by atoms with van der Waals surface area (Å²) in [4.78, 5) is 10.6. The number of aromatic nitrogens is 4. The van der Waals surface area contributed by atoms with E-state index >= 15 is 0 Å². The largest absolute Gasteiger partial charge is 0.372 e.